The summed E-state index contributed by atoms with van der Waals surface area (Å²) in [6, 6.07) is 5.18. The Kier molecular flexibility index (Phi) is 3.63. The largest absolute Gasteiger partial charge is 0.619 e. The summed E-state index contributed by atoms with van der Waals surface area (Å²) in [5.74, 6) is 0. The molecule has 0 aliphatic carbocycles. The first-order valence-electron chi connectivity index (χ1n) is 3.63. The highest BCUT2D eigenvalue weighted by Gasteiger charge is 1.84. The lowest BCUT2D eigenvalue weighted by Crippen LogP contribution is -2.22. The number of aliphatic imine (C=N–C) groups is 1. The van der Waals surface area contributed by atoms with Gasteiger partial charge in [-0.3, -0.25) is 4.99 Å². The van der Waals surface area contributed by atoms with Crippen LogP contribution < -0.4 is 4.73 Å². The number of aromatic nitrogens is 1. The molecule has 1 aromatic heterocycles. The second-order valence-corrected chi connectivity index (χ2v) is 2.12. The molecule has 4 heteroatoms. The zero-order chi connectivity index (χ0) is 8.65. The fourth-order valence-corrected chi connectivity index (χ4v) is 0.646. The Balaban J connectivity index is 0.000000127. The van der Waals surface area contributed by atoms with E-state index in [2.05, 4.69) is 9.73 Å². The van der Waals surface area contributed by atoms with Crippen LogP contribution in [0.4, 0.5) is 0 Å². The molecule has 0 N–H and O–H groups in total. The predicted molar refractivity (Wildman–Crippen MR) is 44.7 cm³/mol. The average Bonchev–Trinajstić information content (AvgIpc) is 2.62. The third-order valence-corrected chi connectivity index (χ3v) is 1.18. The Labute approximate surface area is 70.7 Å². The summed E-state index contributed by atoms with van der Waals surface area (Å²) in [6.07, 6.45) is 4.38. The molecule has 4 nitrogen and oxygen atoms in total. The summed E-state index contributed by atoms with van der Waals surface area (Å²) in [6.45, 7) is 1.62. The van der Waals surface area contributed by atoms with Gasteiger partial charge in [-0.15, -0.1) is 0 Å². The standard InChI is InChI=1S/C5H5NO.C3H5NO/c7-6-4-2-1-3-5-6;1-2-5-3-4-1/h1-5H;3H,1-2H2. The summed E-state index contributed by atoms with van der Waals surface area (Å²) in [4.78, 5) is 3.74. The van der Waals surface area contributed by atoms with Gasteiger partial charge >= 0.3 is 0 Å². The lowest BCUT2D eigenvalue weighted by molar-refractivity contribution is -0.605. The molecular formula is C8H10N2O2. The molecule has 0 saturated carbocycles. The summed E-state index contributed by atoms with van der Waals surface area (Å²) in [5.41, 5.74) is 0. The van der Waals surface area contributed by atoms with Gasteiger partial charge in [-0.1, -0.05) is 6.07 Å². The zero-order valence-electron chi connectivity index (χ0n) is 6.59. The van der Waals surface area contributed by atoms with Crippen molar-refractivity contribution in [2.24, 2.45) is 4.99 Å². The lowest BCUT2D eigenvalue weighted by atomic mass is 10.5. The first-order valence-corrected chi connectivity index (χ1v) is 3.63. The summed E-state index contributed by atoms with van der Waals surface area (Å²) in [5, 5.41) is 10.2. The smallest absolute Gasteiger partial charge is 0.180 e. The Bertz CT molecular complexity index is 230. The molecule has 0 aromatic carbocycles. The van der Waals surface area contributed by atoms with Crippen molar-refractivity contribution in [3.8, 4) is 0 Å². The van der Waals surface area contributed by atoms with Gasteiger partial charge in [-0.05, 0) is 0 Å². The van der Waals surface area contributed by atoms with Gasteiger partial charge in [-0.2, -0.15) is 4.73 Å². The Morgan fingerprint density at radius 1 is 1.25 bits per heavy atom. The van der Waals surface area contributed by atoms with Gasteiger partial charge in [0.15, 0.2) is 18.8 Å². The van der Waals surface area contributed by atoms with Crippen molar-refractivity contribution in [2.45, 2.75) is 0 Å². The lowest BCUT2D eigenvalue weighted by Gasteiger charge is -1.88. The minimum Gasteiger partial charge on any atom is -0.619 e. The van der Waals surface area contributed by atoms with Crippen LogP contribution in [0.2, 0.25) is 0 Å². The van der Waals surface area contributed by atoms with Crippen molar-refractivity contribution in [2.75, 3.05) is 13.2 Å². The van der Waals surface area contributed by atoms with Gasteiger partial charge in [-0.25, -0.2) is 0 Å². The third kappa shape index (κ3) is 3.55. The van der Waals surface area contributed by atoms with Gasteiger partial charge in [0.25, 0.3) is 0 Å². The van der Waals surface area contributed by atoms with E-state index in [1.165, 1.54) is 18.8 Å². The van der Waals surface area contributed by atoms with Gasteiger partial charge < -0.3 is 9.94 Å². The number of rotatable bonds is 0. The van der Waals surface area contributed by atoms with Crippen molar-refractivity contribution < 1.29 is 9.47 Å². The van der Waals surface area contributed by atoms with E-state index in [0.717, 1.165) is 17.9 Å². The first-order chi connectivity index (χ1) is 5.89. The van der Waals surface area contributed by atoms with Gasteiger partial charge in [0, 0.05) is 12.1 Å². The molecule has 2 rings (SSSR count). The maximum atomic E-state index is 10.2. The zero-order valence-corrected chi connectivity index (χ0v) is 6.59. The van der Waals surface area contributed by atoms with Crippen LogP contribution in [-0.2, 0) is 4.74 Å². The van der Waals surface area contributed by atoms with Crippen LogP contribution >= 0.6 is 0 Å². The van der Waals surface area contributed by atoms with E-state index in [0.29, 0.717) is 0 Å². The summed E-state index contributed by atoms with van der Waals surface area (Å²) >= 11 is 0. The van der Waals surface area contributed by atoms with Gasteiger partial charge in [0.2, 0.25) is 0 Å². The predicted octanol–water partition coefficient (Wildman–Crippen LogP) is 0.365. The molecule has 1 aliphatic heterocycles. The number of ether oxygens (including phenoxy) is 1. The number of hydrogen-bond donors (Lipinski definition) is 0. The Hall–Kier alpha value is -1.58. The molecule has 0 fully saturated rings. The van der Waals surface area contributed by atoms with Gasteiger partial charge in [0.1, 0.15) is 6.61 Å². The normalized spacial score (nSPS) is 13.0. The van der Waals surface area contributed by atoms with Crippen molar-refractivity contribution in [1.29, 1.82) is 0 Å². The van der Waals surface area contributed by atoms with E-state index < -0.39 is 0 Å². The average molecular weight is 166 g/mol. The van der Waals surface area contributed by atoms with Crippen molar-refractivity contribution in [3.63, 3.8) is 0 Å². The highest BCUT2D eigenvalue weighted by Crippen LogP contribution is 1.78. The summed E-state index contributed by atoms with van der Waals surface area (Å²) in [7, 11) is 0. The molecule has 0 spiro atoms. The van der Waals surface area contributed by atoms with Crippen LogP contribution in [0.15, 0.2) is 35.6 Å². The van der Waals surface area contributed by atoms with Crippen LogP contribution in [0.1, 0.15) is 0 Å². The fourth-order valence-electron chi connectivity index (χ4n) is 0.646. The third-order valence-electron chi connectivity index (χ3n) is 1.18. The van der Waals surface area contributed by atoms with Crippen LogP contribution in [0.5, 0.6) is 0 Å². The highest BCUT2D eigenvalue weighted by atomic mass is 16.5. The van der Waals surface area contributed by atoms with Crippen LogP contribution in [0.25, 0.3) is 0 Å². The van der Waals surface area contributed by atoms with E-state index in [1.54, 1.807) is 18.2 Å². The fraction of sp³-hybridized carbons (Fsp3) is 0.250. The molecule has 0 unspecified atom stereocenters. The van der Waals surface area contributed by atoms with Gasteiger partial charge in [0.05, 0.1) is 6.54 Å². The molecule has 0 radical (unpaired) electrons. The minimum atomic E-state index is 0.750. The molecule has 1 aromatic rings. The van der Waals surface area contributed by atoms with Crippen molar-refractivity contribution in [1.82, 2.24) is 0 Å². The van der Waals surface area contributed by atoms with Crippen LogP contribution in [0.3, 0.4) is 0 Å². The molecule has 64 valence electrons. The van der Waals surface area contributed by atoms with Crippen molar-refractivity contribution >= 4 is 6.40 Å². The molecule has 0 atom stereocenters. The SMILES string of the molecule is C1=NCCO1.[O-][n+]1ccccc1. The number of pyridine rings is 1. The van der Waals surface area contributed by atoms with E-state index >= 15 is 0 Å². The monoisotopic (exact) mass is 166 g/mol. The molecule has 0 bridgehead atoms. The second-order valence-electron chi connectivity index (χ2n) is 2.12. The molecule has 0 amide bonds. The molecule has 0 saturated heterocycles. The summed E-state index contributed by atoms with van der Waals surface area (Å²) < 4.78 is 5.40. The maximum absolute atomic E-state index is 10.2. The number of hydrogen-bond acceptors (Lipinski definition) is 3. The van der Waals surface area contributed by atoms with E-state index in [1.807, 2.05) is 0 Å². The van der Waals surface area contributed by atoms with E-state index in [-0.39, 0.29) is 0 Å². The number of nitrogens with zero attached hydrogens (tertiary/aromatic N) is 2. The van der Waals surface area contributed by atoms with E-state index in [4.69, 9.17) is 0 Å². The maximum Gasteiger partial charge on any atom is 0.180 e. The topological polar surface area (TPSA) is 48.5 Å². The first kappa shape index (κ1) is 8.52. The molecule has 1 aliphatic rings. The van der Waals surface area contributed by atoms with E-state index in [9.17, 15) is 5.21 Å². The second kappa shape index (κ2) is 5.12. The Morgan fingerprint density at radius 2 is 2.00 bits per heavy atom. The Morgan fingerprint density at radius 3 is 2.25 bits per heavy atom. The van der Waals surface area contributed by atoms with Crippen LogP contribution in [0, 0.1) is 5.21 Å². The van der Waals surface area contributed by atoms with Crippen molar-refractivity contribution in [3.05, 3.63) is 35.8 Å². The minimum absolute atomic E-state index is 0.750. The quantitative estimate of drug-likeness (QED) is 0.413. The highest BCUT2D eigenvalue weighted by molar-refractivity contribution is 5.47. The molecular weight excluding hydrogens is 156 g/mol. The molecule has 2 heterocycles. The molecule has 12 heavy (non-hydrogen) atoms. The van der Waals surface area contributed by atoms with Crippen LogP contribution in [-0.4, -0.2) is 19.6 Å².